The number of phenols is 1. The molecule has 2 aromatic carbocycles. The summed E-state index contributed by atoms with van der Waals surface area (Å²) in [7, 11) is 1.36. The lowest BCUT2D eigenvalue weighted by atomic mass is 9.97. The fourth-order valence-electron chi connectivity index (χ4n) is 1.88. The molecule has 2 rings (SSSR count). The summed E-state index contributed by atoms with van der Waals surface area (Å²) in [5, 5.41) is 11.6. The second-order valence-corrected chi connectivity index (χ2v) is 4.01. The van der Waals surface area contributed by atoms with Gasteiger partial charge in [-0.2, -0.15) is 0 Å². The van der Waals surface area contributed by atoms with Crippen LogP contribution in [0.3, 0.4) is 0 Å². The van der Waals surface area contributed by atoms with E-state index in [4.69, 9.17) is 4.74 Å². The van der Waals surface area contributed by atoms with Crippen LogP contribution < -0.4 is 0 Å². The van der Waals surface area contributed by atoms with E-state index < -0.39 is 0 Å². The molecule has 0 saturated heterocycles. The Labute approximate surface area is 99.6 Å². The third kappa shape index (κ3) is 2.09. The zero-order chi connectivity index (χ0) is 12.4. The van der Waals surface area contributed by atoms with Gasteiger partial charge in [0.2, 0.25) is 0 Å². The maximum absolute atomic E-state index is 11.5. The molecule has 0 spiro atoms. The predicted molar refractivity (Wildman–Crippen MR) is 66.0 cm³/mol. The van der Waals surface area contributed by atoms with Gasteiger partial charge in [-0.3, -0.25) is 4.79 Å². The number of benzene rings is 2. The van der Waals surface area contributed by atoms with E-state index in [0.717, 1.165) is 16.3 Å². The van der Waals surface area contributed by atoms with E-state index in [0.29, 0.717) is 0 Å². The summed E-state index contributed by atoms with van der Waals surface area (Å²) in [4.78, 5) is 11.5. The Kier molecular flexibility index (Phi) is 3.00. The first-order chi connectivity index (χ1) is 8.13. The van der Waals surface area contributed by atoms with Crippen molar-refractivity contribution in [3.8, 4) is 5.75 Å². The first-order valence-electron chi connectivity index (χ1n) is 5.43. The number of aromatic hydroxyl groups is 1. The average Bonchev–Trinajstić information content (AvgIpc) is 2.37. The maximum Gasteiger partial charge on any atom is 0.312 e. The second kappa shape index (κ2) is 4.45. The highest BCUT2D eigenvalue weighted by Crippen LogP contribution is 2.30. The third-order valence-electron chi connectivity index (χ3n) is 2.92. The normalized spacial score (nSPS) is 12.4. The SMILES string of the molecule is COC(=O)C(C)c1cc(O)c2ccccc2c1. The molecule has 17 heavy (non-hydrogen) atoms. The number of esters is 1. The molecule has 88 valence electrons. The number of carbonyl (C=O) groups is 1. The minimum Gasteiger partial charge on any atom is -0.507 e. The Hall–Kier alpha value is -2.03. The van der Waals surface area contributed by atoms with Crippen LogP contribution in [0.4, 0.5) is 0 Å². The molecule has 1 atom stereocenters. The molecule has 0 heterocycles. The van der Waals surface area contributed by atoms with Gasteiger partial charge in [-0.15, -0.1) is 0 Å². The molecule has 2 aromatic rings. The Morgan fingerprint density at radius 2 is 2.00 bits per heavy atom. The van der Waals surface area contributed by atoms with Gasteiger partial charge in [0.15, 0.2) is 0 Å². The van der Waals surface area contributed by atoms with Crippen molar-refractivity contribution < 1.29 is 14.6 Å². The fourth-order valence-corrected chi connectivity index (χ4v) is 1.88. The van der Waals surface area contributed by atoms with E-state index in [2.05, 4.69) is 0 Å². The van der Waals surface area contributed by atoms with Crippen molar-refractivity contribution in [1.82, 2.24) is 0 Å². The van der Waals surface area contributed by atoms with Gasteiger partial charge in [0.1, 0.15) is 5.75 Å². The van der Waals surface area contributed by atoms with Crippen molar-refractivity contribution in [2.24, 2.45) is 0 Å². The molecular weight excluding hydrogens is 216 g/mol. The van der Waals surface area contributed by atoms with Crippen LogP contribution in [0.15, 0.2) is 36.4 Å². The average molecular weight is 230 g/mol. The van der Waals surface area contributed by atoms with E-state index in [9.17, 15) is 9.90 Å². The fraction of sp³-hybridized carbons (Fsp3) is 0.214. The van der Waals surface area contributed by atoms with Crippen molar-refractivity contribution in [3.63, 3.8) is 0 Å². The molecule has 3 heteroatoms. The van der Waals surface area contributed by atoms with Gasteiger partial charge < -0.3 is 9.84 Å². The predicted octanol–water partition coefficient (Wildman–Crippen LogP) is 2.82. The highest BCUT2D eigenvalue weighted by molar-refractivity contribution is 5.90. The Morgan fingerprint density at radius 3 is 2.71 bits per heavy atom. The molecule has 0 radical (unpaired) electrons. The Morgan fingerprint density at radius 1 is 1.29 bits per heavy atom. The van der Waals surface area contributed by atoms with Crippen molar-refractivity contribution >= 4 is 16.7 Å². The maximum atomic E-state index is 11.5. The third-order valence-corrected chi connectivity index (χ3v) is 2.92. The molecule has 3 nitrogen and oxygen atoms in total. The van der Waals surface area contributed by atoms with Crippen molar-refractivity contribution in [2.45, 2.75) is 12.8 Å². The number of rotatable bonds is 2. The standard InChI is InChI=1S/C14H14O3/c1-9(14(16)17-2)11-7-10-5-3-4-6-12(10)13(15)8-11/h3-9,15H,1-2H3. The smallest absolute Gasteiger partial charge is 0.312 e. The summed E-state index contributed by atoms with van der Waals surface area (Å²) < 4.78 is 4.70. The molecule has 0 bridgehead atoms. The summed E-state index contributed by atoms with van der Waals surface area (Å²) >= 11 is 0. The van der Waals surface area contributed by atoms with Gasteiger partial charge in [0.25, 0.3) is 0 Å². The lowest BCUT2D eigenvalue weighted by Gasteiger charge is -2.11. The van der Waals surface area contributed by atoms with Crippen molar-refractivity contribution in [3.05, 3.63) is 42.0 Å². The molecule has 1 unspecified atom stereocenters. The molecule has 0 aliphatic rings. The van der Waals surface area contributed by atoms with Gasteiger partial charge in [-0.05, 0) is 23.9 Å². The summed E-state index contributed by atoms with van der Waals surface area (Å²) in [5.74, 6) is -0.496. The largest absolute Gasteiger partial charge is 0.507 e. The van der Waals surface area contributed by atoms with Crippen LogP contribution >= 0.6 is 0 Å². The van der Waals surface area contributed by atoms with Gasteiger partial charge >= 0.3 is 5.97 Å². The summed E-state index contributed by atoms with van der Waals surface area (Å²) in [6, 6.07) is 11.0. The van der Waals surface area contributed by atoms with Crippen LogP contribution in [0.2, 0.25) is 0 Å². The molecule has 0 aliphatic heterocycles. The number of ether oxygens (including phenoxy) is 1. The lowest BCUT2D eigenvalue weighted by molar-refractivity contribution is -0.141. The molecule has 0 amide bonds. The van der Waals surface area contributed by atoms with E-state index in [1.54, 1.807) is 13.0 Å². The Bertz CT molecular complexity index is 560. The van der Waals surface area contributed by atoms with Gasteiger partial charge in [0.05, 0.1) is 13.0 Å². The van der Waals surface area contributed by atoms with Crippen LogP contribution in [0, 0.1) is 0 Å². The first kappa shape index (κ1) is 11.5. The molecule has 0 fully saturated rings. The van der Waals surface area contributed by atoms with Gasteiger partial charge in [0, 0.05) is 5.39 Å². The summed E-state index contributed by atoms with van der Waals surface area (Å²) in [6.07, 6.45) is 0. The van der Waals surface area contributed by atoms with Crippen LogP contribution in [-0.2, 0) is 9.53 Å². The molecular formula is C14H14O3. The topological polar surface area (TPSA) is 46.5 Å². The number of phenolic OH excluding ortho intramolecular Hbond substituents is 1. The quantitative estimate of drug-likeness (QED) is 0.807. The van der Waals surface area contributed by atoms with Crippen LogP contribution in [0.1, 0.15) is 18.4 Å². The minimum absolute atomic E-state index is 0.189. The molecule has 1 N–H and O–H groups in total. The highest BCUT2D eigenvalue weighted by atomic mass is 16.5. The van der Waals surface area contributed by atoms with Crippen LogP contribution in [-0.4, -0.2) is 18.2 Å². The molecule has 0 aromatic heterocycles. The van der Waals surface area contributed by atoms with E-state index in [1.807, 2.05) is 30.3 Å². The number of carbonyl (C=O) groups excluding carboxylic acids is 1. The van der Waals surface area contributed by atoms with Gasteiger partial charge in [-0.1, -0.05) is 30.3 Å². The number of hydrogen-bond donors (Lipinski definition) is 1. The van der Waals surface area contributed by atoms with E-state index >= 15 is 0 Å². The zero-order valence-electron chi connectivity index (χ0n) is 9.81. The molecule has 0 saturated carbocycles. The van der Waals surface area contributed by atoms with Crippen molar-refractivity contribution in [1.29, 1.82) is 0 Å². The van der Waals surface area contributed by atoms with E-state index in [1.165, 1.54) is 7.11 Å². The van der Waals surface area contributed by atoms with Crippen LogP contribution in [0.25, 0.3) is 10.8 Å². The van der Waals surface area contributed by atoms with Crippen molar-refractivity contribution in [2.75, 3.05) is 7.11 Å². The first-order valence-corrected chi connectivity index (χ1v) is 5.43. The Balaban J connectivity index is 2.53. The minimum atomic E-state index is -0.379. The van der Waals surface area contributed by atoms with E-state index in [-0.39, 0.29) is 17.6 Å². The van der Waals surface area contributed by atoms with Crippen LogP contribution in [0.5, 0.6) is 5.75 Å². The monoisotopic (exact) mass is 230 g/mol. The second-order valence-electron chi connectivity index (χ2n) is 4.01. The summed E-state index contributed by atoms with van der Waals surface area (Å²) in [6.45, 7) is 1.76. The number of hydrogen-bond acceptors (Lipinski definition) is 3. The molecule has 0 aliphatic carbocycles. The number of methoxy groups -OCH3 is 1. The zero-order valence-corrected chi connectivity index (χ0v) is 9.81. The summed E-state index contributed by atoms with van der Waals surface area (Å²) in [5.41, 5.74) is 0.757. The van der Waals surface area contributed by atoms with Gasteiger partial charge in [-0.25, -0.2) is 0 Å². The highest BCUT2D eigenvalue weighted by Gasteiger charge is 2.17. The number of fused-ring (bicyclic) bond motifs is 1. The lowest BCUT2D eigenvalue weighted by Crippen LogP contribution is -2.10.